The van der Waals surface area contributed by atoms with Gasteiger partial charge in [-0.25, -0.2) is 4.98 Å². The van der Waals surface area contributed by atoms with Gasteiger partial charge in [-0.2, -0.15) is 13.2 Å². The van der Waals surface area contributed by atoms with E-state index in [2.05, 4.69) is 4.98 Å². The number of aromatic nitrogens is 1. The molecule has 0 radical (unpaired) electrons. The van der Waals surface area contributed by atoms with Crippen LogP contribution in [0.4, 0.5) is 13.2 Å². The highest BCUT2D eigenvalue weighted by atomic mass is 19.4. The predicted molar refractivity (Wildman–Crippen MR) is 59.5 cm³/mol. The van der Waals surface area contributed by atoms with E-state index >= 15 is 0 Å². The van der Waals surface area contributed by atoms with E-state index in [9.17, 15) is 13.2 Å². The minimum Gasteiger partial charge on any atom is -0.444 e. The van der Waals surface area contributed by atoms with Gasteiger partial charge in [-0.3, -0.25) is 0 Å². The number of alkyl halides is 3. The maximum Gasteiger partial charge on any atom is 0.416 e. The molecule has 1 atom stereocenters. The van der Waals surface area contributed by atoms with Gasteiger partial charge in [-0.15, -0.1) is 0 Å². The van der Waals surface area contributed by atoms with Crippen LogP contribution in [-0.4, -0.2) is 4.98 Å². The van der Waals surface area contributed by atoms with Crippen molar-refractivity contribution in [2.24, 2.45) is 5.73 Å². The number of benzene rings is 1. The molecule has 1 aromatic heterocycles. The summed E-state index contributed by atoms with van der Waals surface area (Å²) < 4.78 is 42.3. The minimum absolute atomic E-state index is 0.260. The topological polar surface area (TPSA) is 52.0 Å². The molecule has 0 fully saturated rings. The van der Waals surface area contributed by atoms with E-state index in [0.717, 1.165) is 12.1 Å². The highest BCUT2D eigenvalue weighted by molar-refractivity contribution is 5.54. The quantitative estimate of drug-likeness (QED) is 0.896. The standard InChI is InChI=1S/C12H11F3N2O/c1-7(16)10-6-18-11(17-10)8-2-4-9(5-3-8)12(13,14)15/h2-7H,16H2,1H3. The van der Waals surface area contributed by atoms with Crippen LogP contribution < -0.4 is 5.73 Å². The Morgan fingerprint density at radius 2 is 1.83 bits per heavy atom. The van der Waals surface area contributed by atoms with Crippen molar-refractivity contribution < 1.29 is 17.6 Å². The van der Waals surface area contributed by atoms with Gasteiger partial charge in [0.1, 0.15) is 6.26 Å². The van der Waals surface area contributed by atoms with Crippen molar-refractivity contribution in [2.75, 3.05) is 0 Å². The fraction of sp³-hybridized carbons (Fsp3) is 0.250. The SMILES string of the molecule is CC(N)c1coc(-c2ccc(C(F)(F)F)cc2)n1. The third kappa shape index (κ3) is 2.53. The van der Waals surface area contributed by atoms with Gasteiger partial charge in [0.15, 0.2) is 0 Å². The van der Waals surface area contributed by atoms with Gasteiger partial charge in [0.2, 0.25) is 5.89 Å². The predicted octanol–water partition coefficient (Wildman–Crippen LogP) is 3.38. The summed E-state index contributed by atoms with van der Waals surface area (Å²) in [5.41, 5.74) is 5.95. The Kier molecular flexibility index (Phi) is 3.13. The first-order valence-electron chi connectivity index (χ1n) is 5.26. The molecule has 2 aromatic rings. The van der Waals surface area contributed by atoms with E-state index in [0.29, 0.717) is 11.3 Å². The van der Waals surface area contributed by atoms with Gasteiger partial charge in [-0.1, -0.05) is 0 Å². The molecular weight excluding hydrogens is 245 g/mol. The van der Waals surface area contributed by atoms with Crippen LogP contribution in [-0.2, 0) is 6.18 Å². The Bertz CT molecular complexity index is 529. The van der Waals surface area contributed by atoms with Gasteiger partial charge in [-0.05, 0) is 31.2 Å². The molecule has 0 saturated heterocycles. The summed E-state index contributed by atoms with van der Waals surface area (Å²) >= 11 is 0. The maximum atomic E-state index is 12.4. The van der Waals surface area contributed by atoms with Crippen LogP contribution in [0.5, 0.6) is 0 Å². The van der Waals surface area contributed by atoms with Gasteiger partial charge < -0.3 is 10.2 Å². The molecule has 0 spiro atoms. The molecule has 96 valence electrons. The summed E-state index contributed by atoms with van der Waals surface area (Å²) in [5, 5.41) is 0. The fourth-order valence-electron chi connectivity index (χ4n) is 1.43. The van der Waals surface area contributed by atoms with E-state index in [1.807, 2.05) is 0 Å². The average molecular weight is 256 g/mol. The number of oxazole rings is 1. The number of nitrogens with zero attached hydrogens (tertiary/aromatic N) is 1. The molecule has 3 nitrogen and oxygen atoms in total. The Labute approximate surface area is 101 Å². The lowest BCUT2D eigenvalue weighted by molar-refractivity contribution is -0.137. The van der Waals surface area contributed by atoms with Crippen LogP contribution in [0.1, 0.15) is 24.2 Å². The highest BCUT2D eigenvalue weighted by Crippen LogP contribution is 2.30. The third-order valence-electron chi connectivity index (χ3n) is 2.45. The summed E-state index contributed by atoms with van der Waals surface area (Å²) in [5.74, 6) is 0.260. The molecule has 1 aromatic carbocycles. The lowest BCUT2D eigenvalue weighted by Crippen LogP contribution is -2.05. The second kappa shape index (κ2) is 4.45. The number of rotatable bonds is 2. The first-order valence-corrected chi connectivity index (χ1v) is 5.26. The minimum atomic E-state index is -4.34. The van der Waals surface area contributed by atoms with Crippen LogP contribution in [0.2, 0.25) is 0 Å². The Morgan fingerprint density at radius 3 is 2.28 bits per heavy atom. The average Bonchev–Trinajstić information content (AvgIpc) is 2.77. The molecule has 6 heteroatoms. The van der Waals surface area contributed by atoms with Gasteiger partial charge in [0, 0.05) is 11.6 Å². The molecule has 0 amide bonds. The molecular formula is C12H11F3N2O. The number of hydrogen-bond donors (Lipinski definition) is 1. The van der Waals surface area contributed by atoms with Crippen molar-refractivity contribution in [3.05, 3.63) is 41.8 Å². The first-order chi connectivity index (χ1) is 8.38. The van der Waals surface area contributed by atoms with E-state index in [-0.39, 0.29) is 11.9 Å². The molecule has 0 saturated carbocycles. The maximum absolute atomic E-state index is 12.4. The van der Waals surface area contributed by atoms with Crippen molar-refractivity contribution in [2.45, 2.75) is 19.1 Å². The summed E-state index contributed by atoms with van der Waals surface area (Å²) in [6.45, 7) is 1.74. The van der Waals surface area contributed by atoms with Gasteiger partial charge in [0.25, 0.3) is 0 Å². The number of halogens is 3. The second-order valence-corrected chi connectivity index (χ2v) is 3.94. The summed E-state index contributed by atoms with van der Waals surface area (Å²) in [6, 6.07) is 4.34. The Balaban J connectivity index is 2.29. The lowest BCUT2D eigenvalue weighted by atomic mass is 10.1. The van der Waals surface area contributed by atoms with Crippen LogP contribution >= 0.6 is 0 Å². The van der Waals surface area contributed by atoms with E-state index in [4.69, 9.17) is 10.2 Å². The van der Waals surface area contributed by atoms with Gasteiger partial charge >= 0.3 is 6.18 Å². The summed E-state index contributed by atoms with van der Waals surface area (Å²) in [7, 11) is 0. The van der Waals surface area contributed by atoms with E-state index in [1.165, 1.54) is 18.4 Å². The second-order valence-electron chi connectivity index (χ2n) is 3.94. The zero-order valence-corrected chi connectivity index (χ0v) is 9.53. The third-order valence-corrected chi connectivity index (χ3v) is 2.45. The smallest absolute Gasteiger partial charge is 0.416 e. The number of hydrogen-bond acceptors (Lipinski definition) is 3. The van der Waals surface area contributed by atoms with Crippen molar-refractivity contribution >= 4 is 0 Å². The zero-order chi connectivity index (χ0) is 13.3. The van der Waals surface area contributed by atoms with Crippen molar-refractivity contribution in [1.82, 2.24) is 4.98 Å². The molecule has 2 rings (SSSR count). The normalized spacial score (nSPS) is 13.6. The molecule has 18 heavy (non-hydrogen) atoms. The molecule has 0 aliphatic rings. The molecule has 1 unspecified atom stereocenters. The monoisotopic (exact) mass is 256 g/mol. The Morgan fingerprint density at radius 1 is 1.22 bits per heavy atom. The molecule has 0 bridgehead atoms. The zero-order valence-electron chi connectivity index (χ0n) is 9.53. The van der Waals surface area contributed by atoms with Crippen LogP contribution in [0.25, 0.3) is 11.5 Å². The fourth-order valence-corrected chi connectivity index (χ4v) is 1.43. The largest absolute Gasteiger partial charge is 0.444 e. The van der Waals surface area contributed by atoms with Crippen molar-refractivity contribution in [3.8, 4) is 11.5 Å². The van der Waals surface area contributed by atoms with Crippen molar-refractivity contribution in [3.63, 3.8) is 0 Å². The van der Waals surface area contributed by atoms with E-state index < -0.39 is 11.7 Å². The van der Waals surface area contributed by atoms with Crippen LogP contribution in [0.15, 0.2) is 34.9 Å². The summed E-state index contributed by atoms with van der Waals surface area (Å²) in [6.07, 6.45) is -2.94. The Hall–Kier alpha value is -1.82. The number of nitrogens with two attached hydrogens (primary N) is 1. The molecule has 1 heterocycles. The van der Waals surface area contributed by atoms with Crippen LogP contribution in [0.3, 0.4) is 0 Å². The van der Waals surface area contributed by atoms with Crippen molar-refractivity contribution in [1.29, 1.82) is 0 Å². The molecule has 2 N–H and O–H groups in total. The highest BCUT2D eigenvalue weighted by Gasteiger charge is 2.30. The van der Waals surface area contributed by atoms with Crippen LogP contribution in [0, 0.1) is 0 Å². The van der Waals surface area contributed by atoms with E-state index in [1.54, 1.807) is 6.92 Å². The molecule has 0 aliphatic heterocycles. The lowest BCUT2D eigenvalue weighted by Gasteiger charge is -2.06. The summed E-state index contributed by atoms with van der Waals surface area (Å²) in [4.78, 5) is 4.10. The first kappa shape index (κ1) is 12.6. The molecule has 0 aliphatic carbocycles. The van der Waals surface area contributed by atoms with Gasteiger partial charge in [0.05, 0.1) is 11.3 Å².